The van der Waals surface area contributed by atoms with Gasteiger partial charge in [-0.05, 0) is 24.8 Å². The maximum Gasteiger partial charge on any atom is 0.290 e. The van der Waals surface area contributed by atoms with E-state index in [9.17, 15) is 18.7 Å². The van der Waals surface area contributed by atoms with Gasteiger partial charge in [0.1, 0.15) is 10.9 Å². The third-order valence-corrected chi connectivity index (χ3v) is 6.56. The molecule has 0 spiro atoms. The Morgan fingerprint density at radius 1 is 1.68 bits per heavy atom. The Hall–Kier alpha value is -0.580. The summed E-state index contributed by atoms with van der Waals surface area (Å²) in [5.74, 6) is 0.0376. The highest BCUT2D eigenvalue weighted by molar-refractivity contribution is 7.93. The monoisotopic (exact) mass is 307 g/mol. The number of thiazole rings is 1. The van der Waals surface area contributed by atoms with E-state index in [-0.39, 0.29) is 28.3 Å². The molecule has 1 N–H and O–H groups in total. The van der Waals surface area contributed by atoms with Crippen molar-refractivity contribution in [3.63, 3.8) is 0 Å². The molecule has 2 unspecified atom stereocenters. The summed E-state index contributed by atoms with van der Waals surface area (Å²) >= 11 is 0.856. The molecule has 1 aliphatic heterocycles. The third kappa shape index (κ3) is 2.67. The summed E-state index contributed by atoms with van der Waals surface area (Å²) in [4.78, 5) is 5.61. The van der Waals surface area contributed by atoms with Gasteiger partial charge in [0, 0.05) is 0 Å². The minimum absolute atomic E-state index is 0.0376. The van der Waals surface area contributed by atoms with Gasteiger partial charge in [-0.15, -0.1) is 0 Å². The first-order valence-electron chi connectivity index (χ1n) is 5.94. The van der Waals surface area contributed by atoms with Gasteiger partial charge in [-0.2, -0.15) is 4.98 Å². The van der Waals surface area contributed by atoms with E-state index in [1.807, 2.05) is 0 Å². The van der Waals surface area contributed by atoms with E-state index in [2.05, 4.69) is 4.98 Å². The standard InChI is InChI=1S/C10H17N3O4S2/c1-3-4-19(16,17)9-5-11-10(18-9)13(15)7-12(2)6-8(13)14/h5,8,14H,3-4,6-7H2,1-2H3. The molecule has 1 saturated heterocycles. The Labute approximate surface area is 116 Å². The molecule has 1 fully saturated rings. The summed E-state index contributed by atoms with van der Waals surface area (Å²) in [5.41, 5.74) is 0. The third-order valence-electron chi connectivity index (χ3n) is 2.98. The lowest BCUT2D eigenvalue weighted by atomic mass is 10.5. The van der Waals surface area contributed by atoms with Crippen molar-refractivity contribution in [2.75, 3.05) is 26.0 Å². The van der Waals surface area contributed by atoms with Crippen LogP contribution in [0.3, 0.4) is 0 Å². The van der Waals surface area contributed by atoms with Crippen LogP contribution in [0.5, 0.6) is 0 Å². The Balaban J connectivity index is 2.32. The van der Waals surface area contributed by atoms with E-state index in [4.69, 9.17) is 0 Å². The van der Waals surface area contributed by atoms with Crippen molar-refractivity contribution in [3.05, 3.63) is 11.4 Å². The van der Waals surface area contributed by atoms with Crippen molar-refractivity contribution in [1.29, 1.82) is 0 Å². The summed E-state index contributed by atoms with van der Waals surface area (Å²) in [6, 6.07) is 0. The summed E-state index contributed by atoms with van der Waals surface area (Å²) in [7, 11) is -1.64. The molecule has 9 heteroatoms. The molecule has 108 valence electrons. The predicted molar refractivity (Wildman–Crippen MR) is 73.1 cm³/mol. The number of aromatic nitrogens is 1. The van der Waals surface area contributed by atoms with Crippen LogP contribution in [-0.2, 0) is 9.84 Å². The fraction of sp³-hybridized carbons (Fsp3) is 0.700. The van der Waals surface area contributed by atoms with Crippen molar-refractivity contribution in [3.8, 4) is 0 Å². The lowest BCUT2D eigenvalue weighted by Crippen LogP contribution is -2.48. The molecule has 19 heavy (non-hydrogen) atoms. The van der Waals surface area contributed by atoms with Gasteiger partial charge < -0.3 is 10.3 Å². The van der Waals surface area contributed by atoms with Crippen molar-refractivity contribution >= 4 is 26.3 Å². The minimum Gasteiger partial charge on any atom is -0.623 e. The van der Waals surface area contributed by atoms with Gasteiger partial charge in [0.25, 0.3) is 5.13 Å². The van der Waals surface area contributed by atoms with Crippen LogP contribution in [0, 0.1) is 5.21 Å². The summed E-state index contributed by atoms with van der Waals surface area (Å²) in [5, 5.41) is 22.5. The van der Waals surface area contributed by atoms with Crippen LogP contribution in [0.15, 0.2) is 10.4 Å². The van der Waals surface area contributed by atoms with Crippen LogP contribution in [0.25, 0.3) is 0 Å². The molecule has 1 aromatic heterocycles. The Bertz CT molecular complexity index is 559. The SMILES string of the molecule is CCCS(=O)(=O)c1cnc([N+]2([O-])CN(C)CC2O)s1. The first-order chi connectivity index (χ1) is 8.79. The van der Waals surface area contributed by atoms with Crippen molar-refractivity contribution in [1.82, 2.24) is 14.5 Å². The molecule has 0 aromatic carbocycles. The average Bonchev–Trinajstić information content (AvgIpc) is 2.86. The zero-order valence-corrected chi connectivity index (χ0v) is 12.4. The highest BCUT2D eigenvalue weighted by Crippen LogP contribution is 2.35. The average molecular weight is 307 g/mol. The first-order valence-corrected chi connectivity index (χ1v) is 8.41. The molecule has 0 aliphatic carbocycles. The van der Waals surface area contributed by atoms with Crippen molar-refractivity contribution < 1.29 is 13.5 Å². The van der Waals surface area contributed by atoms with Crippen LogP contribution in [0.1, 0.15) is 13.3 Å². The van der Waals surface area contributed by atoms with E-state index in [1.165, 1.54) is 6.20 Å². The predicted octanol–water partition coefficient (Wildman–Crippen LogP) is 0.353. The number of hydrogen-bond donors (Lipinski definition) is 1. The Kier molecular flexibility index (Phi) is 3.96. The molecule has 2 heterocycles. The van der Waals surface area contributed by atoms with Gasteiger partial charge in [0.2, 0.25) is 6.23 Å². The van der Waals surface area contributed by atoms with E-state index in [1.54, 1.807) is 18.9 Å². The first kappa shape index (κ1) is 14.8. The highest BCUT2D eigenvalue weighted by Gasteiger charge is 2.41. The summed E-state index contributed by atoms with van der Waals surface area (Å²) in [6.07, 6.45) is 0.601. The second kappa shape index (κ2) is 5.08. The molecule has 1 aromatic rings. The molecule has 0 radical (unpaired) electrons. The summed E-state index contributed by atoms with van der Waals surface area (Å²) in [6.45, 7) is 2.10. The topological polar surface area (TPSA) is 93.6 Å². The molecule has 0 saturated carbocycles. The molecular weight excluding hydrogens is 290 g/mol. The minimum atomic E-state index is -3.36. The van der Waals surface area contributed by atoms with Gasteiger partial charge in [-0.25, -0.2) is 8.42 Å². The van der Waals surface area contributed by atoms with E-state index >= 15 is 0 Å². The van der Waals surface area contributed by atoms with Crippen LogP contribution >= 0.6 is 11.3 Å². The maximum atomic E-state index is 12.5. The van der Waals surface area contributed by atoms with Crippen molar-refractivity contribution in [2.24, 2.45) is 0 Å². The second-order valence-electron chi connectivity index (χ2n) is 4.74. The lowest BCUT2D eigenvalue weighted by Gasteiger charge is -2.36. The smallest absolute Gasteiger partial charge is 0.290 e. The second-order valence-corrected chi connectivity index (χ2v) is 8.08. The summed E-state index contributed by atoms with van der Waals surface area (Å²) < 4.78 is 22.9. The van der Waals surface area contributed by atoms with Gasteiger partial charge in [0.15, 0.2) is 9.84 Å². The molecule has 0 bridgehead atoms. The molecule has 0 amide bonds. The van der Waals surface area contributed by atoms with E-state index in [0.717, 1.165) is 11.3 Å². The molecule has 7 nitrogen and oxygen atoms in total. The zero-order valence-electron chi connectivity index (χ0n) is 10.8. The van der Waals surface area contributed by atoms with Crippen LogP contribution in [0.4, 0.5) is 5.13 Å². The fourth-order valence-electron chi connectivity index (χ4n) is 2.05. The maximum absolute atomic E-state index is 12.5. The van der Waals surface area contributed by atoms with Crippen LogP contribution in [-0.4, -0.2) is 55.7 Å². The van der Waals surface area contributed by atoms with Gasteiger partial charge in [-0.1, -0.05) is 6.92 Å². The lowest BCUT2D eigenvalue weighted by molar-refractivity contribution is 0.0848. The fourth-order valence-corrected chi connectivity index (χ4v) is 4.71. The number of likely N-dealkylation sites (N-methyl/N-ethyl adjacent to an activating group) is 1. The zero-order chi connectivity index (χ0) is 14.3. The number of sulfone groups is 1. The van der Waals surface area contributed by atoms with E-state index < -0.39 is 20.7 Å². The van der Waals surface area contributed by atoms with Gasteiger partial charge in [-0.3, -0.25) is 9.55 Å². The number of quaternary nitrogens is 1. The van der Waals surface area contributed by atoms with Crippen molar-refractivity contribution in [2.45, 2.75) is 23.8 Å². The molecule has 2 atom stereocenters. The number of aliphatic hydroxyl groups excluding tert-OH is 1. The van der Waals surface area contributed by atoms with Gasteiger partial charge in [0.05, 0.1) is 18.5 Å². The number of hydrogen-bond acceptors (Lipinski definition) is 7. The largest absolute Gasteiger partial charge is 0.623 e. The number of aliphatic hydroxyl groups is 1. The Morgan fingerprint density at radius 2 is 2.37 bits per heavy atom. The normalized spacial score (nSPS) is 28.9. The number of β-amino-alcohol motifs (C(OH)–C–C–N with tert-alkyl or cyclic N) is 1. The number of hydroxylamine groups is 2. The van der Waals surface area contributed by atoms with Gasteiger partial charge >= 0.3 is 0 Å². The van der Waals surface area contributed by atoms with Crippen LogP contribution < -0.4 is 4.65 Å². The molecule has 2 rings (SSSR count). The van der Waals surface area contributed by atoms with Crippen LogP contribution in [0.2, 0.25) is 0 Å². The molecular formula is C10H17N3O4S2. The highest BCUT2D eigenvalue weighted by atomic mass is 32.2. The number of nitrogens with zero attached hydrogens (tertiary/aromatic N) is 3. The Morgan fingerprint density at radius 3 is 2.89 bits per heavy atom. The van der Waals surface area contributed by atoms with E-state index in [0.29, 0.717) is 6.42 Å². The molecule has 1 aliphatic rings. The number of rotatable bonds is 4. The quantitative estimate of drug-likeness (QED) is 0.637.